The molecule has 0 fully saturated rings. The summed E-state index contributed by atoms with van der Waals surface area (Å²) in [4.78, 5) is 25.1. The zero-order valence-corrected chi connectivity index (χ0v) is 38.2. The highest BCUT2D eigenvalue weighted by molar-refractivity contribution is 7.45. The van der Waals surface area contributed by atoms with Crippen LogP contribution in [-0.4, -0.2) is 70.7 Å². The molecule has 2 unspecified atom stereocenters. The number of nitrogens with zero attached hydrogens (tertiary/aromatic N) is 1. The summed E-state index contributed by atoms with van der Waals surface area (Å²) in [7, 11) is 1.35. The summed E-state index contributed by atoms with van der Waals surface area (Å²) in [6.07, 6.45) is 47.2. The molecule has 0 N–H and O–H groups in total. The molecule has 0 aliphatic rings. The van der Waals surface area contributed by atoms with Crippen LogP contribution in [-0.2, 0) is 27.9 Å². The van der Waals surface area contributed by atoms with Gasteiger partial charge in [0.25, 0.3) is 7.82 Å². The van der Waals surface area contributed by atoms with Crippen molar-refractivity contribution in [2.45, 2.75) is 206 Å². The van der Waals surface area contributed by atoms with Crippen molar-refractivity contribution < 1.29 is 37.3 Å². The molecule has 56 heavy (non-hydrogen) atoms. The number of unbranched alkanes of at least 4 members (excludes halogenated alkanes) is 23. The lowest BCUT2D eigenvalue weighted by atomic mass is 10.1. The van der Waals surface area contributed by atoms with Gasteiger partial charge in [0.15, 0.2) is 0 Å². The number of ether oxygens (including phenoxy) is 2. The van der Waals surface area contributed by atoms with E-state index in [2.05, 4.69) is 50.3 Å². The highest BCUT2D eigenvalue weighted by Gasteiger charge is 2.20. The second kappa shape index (κ2) is 40.5. The molecule has 0 radical (unpaired) electrons. The van der Waals surface area contributed by atoms with Crippen LogP contribution in [0, 0.1) is 0 Å². The van der Waals surface area contributed by atoms with Gasteiger partial charge in [0.05, 0.1) is 34.4 Å². The number of esters is 1. The summed E-state index contributed by atoms with van der Waals surface area (Å²) >= 11 is 0. The zero-order chi connectivity index (χ0) is 41.3. The minimum atomic E-state index is -4.53. The predicted molar refractivity (Wildman–Crippen MR) is 236 cm³/mol. The maximum Gasteiger partial charge on any atom is 0.306 e. The largest absolute Gasteiger partial charge is 0.756 e. The first kappa shape index (κ1) is 54.7. The minimum Gasteiger partial charge on any atom is -0.756 e. The molecule has 0 aliphatic carbocycles. The monoisotopic (exact) mass is 812 g/mol. The SMILES string of the molecule is CCCCC/C=C\C/C=C\CCCCCCCCCCOCC(COP(=O)([O-])OCC[N+](C)(C)C)OC(=O)CCCCCCC/C=C\CCCCCCCCC. The summed E-state index contributed by atoms with van der Waals surface area (Å²) in [5, 5.41) is 0. The molecule has 0 aromatic heterocycles. The Morgan fingerprint density at radius 2 is 0.982 bits per heavy atom. The van der Waals surface area contributed by atoms with E-state index in [1.807, 2.05) is 21.1 Å². The minimum absolute atomic E-state index is 0.0233. The Morgan fingerprint density at radius 1 is 0.554 bits per heavy atom. The summed E-state index contributed by atoms with van der Waals surface area (Å²) in [6.45, 7) is 5.37. The number of hydrogen-bond acceptors (Lipinski definition) is 7. The summed E-state index contributed by atoms with van der Waals surface area (Å²) in [6, 6.07) is 0. The van der Waals surface area contributed by atoms with E-state index in [9.17, 15) is 14.3 Å². The van der Waals surface area contributed by atoms with E-state index >= 15 is 0 Å². The normalized spacial score (nSPS) is 14.0. The van der Waals surface area contributed by atoms with Crippen LogP contribution in [0.3, 0.4) is 0 Å². The van der Waals surface area contributed by atoms with Crippen LogP contribution in [0.15, 0.2) is 36.5 Å². The summed E-state index contributed by atoms with van der Waals surface area (Å²) in [5.41, 5.74) is 0. The van der Waals surface area contributed by atoms with Crippen LogP contribution in [0.5, 0.6) is 0 Å². The summed E-state index contributed by atoms with van der Waals surface area (Å²) < 4.78 is 34.6. The van der Waals surface area contributed by atoms with Crippen LogP contribution in [0.2, 0.25) is 0 Å². The van der Waals surface area contributed by atoms with E-state index in [1.54, 1.807) is 0 Å². The van der Waals surface area contributed by atoms with Gasteiger partial charge in [0.2, 0.25) is 0 Å². The Hall–Kier alpha value is -1.28. The first-order chi connectivity index (χ1) is 27.1. The van der Waals surface area contributed by atoms with Crippen molar-refractivity contribution in [2.75, 3.05) is 54.1 Å². The number of carbonyl (C=O) groups is 1. The number of hydrogen-bond donors (Lipinski definition) is 0. The average Bonchev–Trinajstić information content (AvgIpc) is 3.15. The fourth-order valence-electron chi connectivity index (χ4n) is 6.28. The van der Waals surface area contributed by atoms with Crippen molar-refractivity contribution in [3.63, 3.8) is 0 Å². The number of likely N-dealkylation sites (N-methyl/N-ethyl adjacent to an activating group) is 1. The van der Waals surface area contributed by atoms with Crippen molar-refractivity contribution >= 4 is 13.8 Å². The van der Waals surface area contributed by atoms with Crippen molar-refractivity contribution in [3.8, 4) is 0 Å². The van der Waals surface area contributed by atoms with Crippen LogP contribution < -0.4 is 4.89 Å². The van der Waals surface area contributed by atoms with E-state index < -0.39 is 13.9 Å². The molecule has 0 bridgehead atoms. The van der Waals surface area contributed by atoms with Crippen molar-refractivity contribution in [1.29, 1.82) is 0 Å². The van der Waals surface area contributed by atoms with Crippen LogP contribution in [0.4, 0.5) is 0 Å². The maximum atomic E-state index is 12.7. The number of rotatable bonds is 43. The van der Waals surface area contributed by atoms with Gasteiger partial charge < -0.3 is 27.9 Å². The van der Waals surface area contributed by atoms with Crippen molar-refractivity contribution in [3.05, 3.63) is 36.5 Å². The fourth-order valence-corrected chi connectivity index (χ4v) is 7.01. The molecular weight excluding hydrogens is 721 g/mol. The van der Waals surface area contributed by atoms with E-state index in [1.165, 1.54) is 128 Å². The van der Waals surface area contributed by atoms with Crippen LogP contribution >= 0.6 is 7.82 Å². The third-order valence-electron chi connectivity index (χ3n) is 9.91. The second-order valence-corrected chi connectivity index (χ2v) is 18.2. The first-order valence-corrected chi connectivity index (χ1v) is 24.7. The molecule has 0 saturated carbocycles. The Morgan fingerprint density at radius 3 is 1.50 bits per heavy atom. The number of phosphoric ester groups is 1. The Labute approximate surface area is 346 Å². The molecule has 330 valence electrons. The van der Waals surface area contributed by atoms with E-state index in [-0.39, 0.29) is 25.8 Å². The maximum absolute atomic E-state index is 12.7. The van der Waals surface area contributed by atoms with Gasteiger partial charge in [0, 0.05) is 13.0 Å². The average molecular weight is 812 g/mol. The molecule has 0 aromatic rings. The molecule has 0 saturated heterocycles. The molecule has 9 heteroatoms. The van der Waals surface area contributed by atoms with Gasteiger partial charge in [0.1, 0.15) is 19.3 Å². The lowest BCUT2D eigenvalue weighted by Gasteiger charge is -2.28. The highest BCUT2D eigenvalue weighted by atomic mass is 31.2. The number of phosphoric acid groups is 1. The van der Waals surface area contributed by atoms with Gasteiger partial charge >= 0.3 is 5.97 Å². The molecule has 2 atom stereocenters. The quantitative estimate of drug-likeness (QED) is 0.0199. The molecule has 8 nitrogen and oxygen atoms in total. The molecular formula is C47H90NO7P. The molecule has 0 aromatic carbocycles. The second-order valence-electron chi connectivity index (χ2n) is 16.8. The van der Waals surface area contributed by atoms with Crippen molar-refractivity contribution in [1.82, 2.24) is 0 Å². The zero-order valence-electron chi connectivity index (χ0n) is 37.3. The lowest BCUT2D eigenvalue weighted by Crippen LogP contribution is -2.37. The van der Waals surface area contributed by atoms with E-state index in [4.69, 9.17) is 18.5 Å². The molecule has 0 amide bonds. The van der Waals surface area contributed by atoms with Gasteiger partial charge in [-0.2, -0.15) is 0 Å². The fraction of sp³-hybridized carbons (Fsp3) is 0.851. The molecule has 0 spiro atoms. The Balaban J connectivity index is 4.22. The Kier molecular flexibility index (Phi) is 39.6. The standard InChI is InChI=1S/C47H90NO7P/c1-6-8-10-12-14-16-18-20-22-24-25-27-29-31-33-35-37-39-42-52-44-46(45-54-56(50,51)53-43-41-48(3,4)5)55-47(49)40-38-36-34-32-30-28-26-23-21-19-17-15-13-11-9-7-2/h14,16,20,22-23,26,46H,6-13,15,17-19,21,24-25,27-45H2,1-5H3/b16-14-,22-20-,26-23-. The Bertz CT molecular complexity index is 994. The first-order valence-electron chi connectivity index (χ1n) is 23.2. The molecule has 0 heterocycles. The lowest BCUT2D eigenvalue weighted by molar-refractivity contribution is -0.870. The number of quaternary nitrogens is 1. The topological polar surface area (TPSA) is 94.1 Å². The van der Waals surface area contributed by atoms with E-state index in [0.717, 1.165) is 51.4 Å². The third-order valence-corrected chi connectivity index (χ3v) is 10.9. The van der Waals surface area contributed by atoms with Crippen molar-refractivity contribution in [2.24, 2.45) is 0 Å². The number of carbonyl (C=O) groups excluding carboxylic acids is 1. The van der Waals surface area contributed by atoms with Gasteiger partial charge in [-0.3, -0.25) is 9.36 Å². The number of allylic oxidation sites excluding steroid dienone is 6. The highest BCUT2D eigenvalue weighted by Crippen LogP contribution is 2.38. The van der Waals surface area contributed by atoms with Gasteiger partial charge in [-0.1, -0.05) is 159 Å². The van der Waals surface area contributed by atoms with Gasteiger partial charge in [-0.05, 0) is 70.6 Å². The predicted octanol–water partition coefficient (Wildman–Crippen LogP) is 13.1. The van der Waals surface area contributed by atoms with E-state index in [0.29, 0.717) is 24.1 Å². The smallest absolute Gasteiger partial charge is 0.306 e. The van der Waals surface area contributed by atoms with Gasteiger partial charge in [-0.25, -0.2) is 0 Å². The third kappa shape index (κ3) is 43.8. The van der Waals surface area contributed by atoms with Crippen LogP contribution in [0.25, 0.3) is 0 Å². The summed E-state index contributed by atoms with van der Waals surface area (Å²) in [5.74, 6) is -0.344. The van der Waals surface area contributed by atoms with Gasteiger partial charge in [-0.15, -0.1) is 0 Å². The van der Waals surface area contributed by atoms with Crippen LogP contribution in [0.1, 0.15) is 200 Å². The molecule has 0 aliphatic heterocycles. The molecule has 0 rings (SSSR count).